The summed E-state index contributed by atoms with van der Waals surface area (Å²) in [6.45, 7) is 4.84. The van der Waals surface area contributed by atoms with E-state index in [0.717, 1.165) is 5.92 Å². The molecule has 2 nitrogen and oxygen atoms in total. The Balaban J connectivity index is 1.32. The third-order valence-electron chi connectivity index (χ3n) is 4.92. The molecule has 0 saturated heterocycles. The van der Waals surface area contributed by atoms with Gasteiger partial charge in [0.05, 0.1) is 0 Å². The standard InChI is InChI=1S/C18H28N2/c1-2-7-16(8-3-1)15-19-12-6-13-20-14-11-17-9-4-5-10-18(17)20/h4-5,9-10,16,19H,1-3,6-8,11-15H2. The number of rotatable bonds is 6. The highest BCUT2D eigenvalue weighted by Gasteiger charge is 2.17. The SMILES string of the molecule is c1ccc2c(c1)CCN2CCCNCC1CCCCC1. The minimum absolute atomic E-state index is 0.955. The van der Waals surface area contributed by atoms with E-state index in [1.54, 1.807) is 0 Å². The zero-order chi connectivity index (χ0) is 13.6. The first-order valence-electron chi connectivity index (χ1n) is 8.47. The molecule has 1 N–H and O–H groups in total. The van der Waals surface area contributed by atoms with Crippen LogP contribution >= 0.6 is 0 Å². The van der Waals surface area contributed by atoms with Crippen LogP contribution in [0.25, 0.3) is 0 Å². The maximum absolute atomic E-state index is 3.68. The Labute approximate surface area is 123 Å². The van der Waals surface area contributed by atoms with Crippen molar-refractivity contribution in [2.75, 3.05) is 31.1 Å². The van der Waals surface area contributed by atoms with Gasteiger partial charge in [0, 0.05) is 18.8 Å². The van der Waals surface area contributed by atoms with E-state index in [9.17, 15) is 0 Å². The molecule has 0 unspecified atom stereocenters. The molecule has 20 heavy (non-hydrogen) atoms. The monoisotopic (exact) mass is 272 g/mol. The fourth-order valence-electron chi connectivity index (χ4n) is 3.73. The van der Waals surface area contributed by atoms with Gasteiger partial charge >= 0.3 is 0 Å². The number of anilines is 1. The highest BCUT2D eigenvalue weighted by Crippen LogP contribution is 2.27. The Morgan fingerprint density at radius 1 is 1.10 bits per heavy atom. The summed E-state index contributed by atoms with van der Waals surface area (Å²) in [4.78, 5) is 2.55. The maximum atomic E-state index is 3.68. The van der Waals surface area contributed by atoms with Crippen molar-refractivity contribution in [3.63, 3.8) is 0 Å². The maximum Gasteiger partial charge on any atom is 0.0399 e. The van der Waals surface area contributed by atoms with Crippen LogP contribution in [0.15, 0.2) is 24.3 Å². The van der Waals surface area contributed by atoms with E-state index in [1.165, 1.54) is 82.4 Å². The number of nitrogens with zero attached hydrogens (tertiary/aromatic N) is 1. The van der Waals surface area contributed by atoms with Crippen molar-refractivity contribution in [1.29, 1.82) is 0 Å². The molecule has 1 aromatic carbocycles. The first-order chi connectivity index (χ1) is 9.93. The fraction of sp³-hybridized carbons (Fsp3) is 0.667. The molecule has 0 bridgehead atoms. The summed E-state index contributed by atoms with van der Waals surface area (Å²) in [6, 6.07) is 8.88. The average molecular weight is 272 g/mol. The summed E-state index contributed by atoms with van der Waals surface area (Å²) in [7, 11) is 0. The molecule has 1 aromatic rings. The van der Waals surface area contributed by atoms with Crippen molar-refractivity contribution >= 4 is 5.69 Å². The van der Waals surface area contributed by atoms with Gasteiger partial charge in [0.25, 0.3) is 0 Å². The van der Waals surface area contributed by atoms with E-state index in [1.807, 2.05) is 0 Å². The summed E-state index contributed by atoms with van der Waals surface area (Å²) >= 11 is 0. The van der Waals surface area contributed by atoms with Gasteiger partial charge in [-0.25, -0.2) is 0 Å². The van der Waals surface area contributed by atoms with E-state index in [0.29, 0.717) is 0 Å². The molecule has 0 radical (unpaired) electrons. The molecule has 0 amide bonds. The summed E-state index contributed by atoms with van der Waals surface area (Å²) in [5.74, 6) is 0.955. The van der Waals surface area contributed by atoms with Crippen LogP contribution in [-0.4, -0.2) is 26.2 Å². The van der Waals surface area contributed by atoms with Gasteiger partial charge in [-0.1, -0.05) is 37.5 Å². The molecule has 1 fully saturated rings. The van der Waals surface area contributed by atoms with Crippen LogP contribution in [0.4, 0.5) is 5.69 Å². The third kappa shape index (κ3) is 3.54. The van der Waals surface area contributed by atoms with E-state index >= 15 is 0 Å². The molecule has 2 aliphatic rings. The van der Waals surface area contributed by atoms with Gasteiger partial charge in [0.2, 0.25) is 0 Å². The minimum atomic E-state index is 0.955. The Morgan fingerprint density at radius 3 is 2.85 bits per heavy atom. The van der Waals surface area contributed by atoms with Gasteiger partial charge in [-0.3, -0.25) is 0 Å². The van der Waals surface area contributed by atoms with Crippen LogP contribution in [0.1, 0.15) is 44.1 Å². The van der Waals surface area contributed by atoms with Gasteiger partial charge in [0.15, 0.2) is 0 Å². The van der Waals surface area contributed by atoms with Crippen molar-refractivity contribution in [1.82, 2.24) is 5.32 Å². The summed E-state index contributed by atoms with van der Waals surface area (Å²) in [6.07, 6.45) is 9.77. The molecule has 0 aromatic heterocycles. The second-order valence-electron chi connectivity index (χ2n) is 6.43. The van der Waals surface area contributed by atoms with Crippen molar-refractivity contribution in [2.45, 2.75) is 44.9 Å². The second kappa shape index (κ2) is 7.12. The van der Waals surface area contributed by atoms with Crippen LogP contribution in [0.5, 0.6) is 0 Å². The smallest absolute Gasteiger partial charge is 0.0399 e. The predicted octanol–water partition coefficient (Wildman–Crippen LogP) is 3.61. The van der Waals surface area contributed by atoms with Gasteiger partial charge in [-0.2, -0.15) is 0 Å². The molecular weight excluding hydrogens is 244 g/mol. The second-order valence-corrected chi connectivity index (χ2v) is 6.43. The first-order valence-corrected chi connectivity index (χ1v) is 8.47. The van der Waals surface area contributed by atoms with Crippen LogP contribution in [0, 0.1) is 5.92 Å². The van der Waals surface area contributed by atoms with Crippen molar-refractivity contribution in [3.05, 3.63) is 29.8 Å². The summed E-state index contributed by atoms with van der Waals surface area (Å²) < 4.78 is 0. The van der Waals surface area contributed by atoms with Crippen LogP contribution in [0.2, 0.25) is 0 Å². The number of hydrogen-bond acceptors (Lipinski definition) is 2. The molecule has 2 heteroatoms. The molecule has 0 spiro atoms. The third-order valence-corrected chi connectivity index (χ3v) is 4.92. The van der Waals surface area contributed by atoms with Crippen molar-refractivity contribution < 1.29 is 0 Å². The topological polar surface area (TPSA) is 15.3 Å². The lowest BCUT2D eigenvalue weighted by atomic mass is 9.89. The number of nitrogens with one attached hydrogen (secondary N) is 1. The molecule has 0 atom stereocenters. The lowest BCUT2D eigenvalue weighted by Gasteiger charge is -2.23. The molecule has 1 aliphatic carbocycles. The molecule has 110 valence electrons. The van der Waals surface area contributed by atoms with E-state index in [-0.39, 0.29) is 0 Å². The van der Waals surface area contributed by atoms with Gasteiger partial charge in [-0.05, 0) is 56.3 Å². The van der Waals surface area contributed by atoms with Crippen molar-refractivity contribution in [2.24, 2.45) is 5.92 Å². The molecule has 1 saturated carbocycles. The Hall–Kier alpha value is -1.02. The molecule has 3 rings (SSSR count). The molecular formula is C18H28N2. The zero-order valence-electron chi connectivity index (χ0n) is 12.6. The predicted molar refractivity (Wildman–Crippen MR) is 86.4 cm³/mol. The lowest BCUT2D eigenvalue weighted by molar-refractivity contribution is 0.342. The average Bonchev–Trinajstić information content (AvgIpc) is 2.91. The highest BCUT2D eigenvalue weighted by atomic mass is 15.1. The van der Waals surface area contributed by atoms with E-state index in [2.05, 4.69) is 34.5 Å². The van der Waals surface area contributed by atoms with Crippen LogP contribution in [-0.2, 0) is 6.42 Å². The zero-order valence-corrected chi connectivity index (χ0v) is 12.6. The van der Waals surface area contributed by atoms with Gasteiger partial charge in [-0.15, -0.1) is 0 Å². The van der Waals surface area contributed by atoms with Crippen molar-refractivity contribution in [3.8, 4) is 0 Å². The Kier molecular flexibility index (Phi) is 4.96. The Morgan fingerprint density at radius 2 is 1.95 bits per heavy atom. The van der Waals surface area contributed by atoms with E-state index in [4.69, 9.17) is 0 Å². The van der Waals surface area contributed by atoms with Gasteiger partial charge < -0.3 is 10.2 Å². The van der Waals surface area contributed by atoms with E-state index < -0.39 is 0 Å². The van der Waals surface area contributed by atoms with Gasteiger partial charge in [0.1, 0.15) is 0 Å². The minimum Gasteiger partial charge on any atom is -0.371 e. The molecule has 1 aliphatic heterocycles. The number of para-hydroxylation sites is 1. The number of fused-ring (bicyclic) bond motifs is 1. The number of benzene rings is 1. The summed E-state index contributed by atoms with van der Waals surface area (Å²) in [5.41, 5.74) is 3.00. The number of hydrogen-bond donors (Lipinski definition) is 1. The first kappa shape index (κ1) is 13.9. The normalized spacial score (nSPS) is 19.3. The fourth-order valence-corrected chi connectivity index (χ4v) is 3.73. The Bertz CT molecular complexity index is 410. The summed E-state index contributed by atoms with van der Waals surface area (Å²) in [5, 5.41) is 3.68. The molecule has 1 heterocycles. The lowest BCUT2D eigenvalue weighted by Crippen LogP contribution is -2.29. The highest BCUT2D eigenvalue weighted by molar-refractivity contribution is 5.57. The van der Waals surface area contributed by atoms with Crippen LogP contribution in [0.3, 0.4) is 0 Å². The largest absolute Gasteiger partial charge is 0.371 e. The van der Waals surface area contributed by atoms with Crippen LogP contribution < -0.4 is 10.2 Å². The quantitative estimate of drug-likeness (QED) is 0.796.